The monoisotopic (exact) mass is 117 g/mol. The van der Waals surface area contributed by atoms with E-state index in [-0.39, 0.29) is 12.8 Å². The van der Waals surface area contributed by atoms with Crippen LogP contribution in [0.3, 0.4) is 0 Å². The zero-order valence-electron chi connectivity index (χ0n) is 5.40. The molecule has 0 aliphatic rings. The molecule has 0 spiro atoms. The van der Waals surface area contributed by atoms with Crippen LogP contribution in [0.1, 0.15) is 6.92 Å². The Morgan fingerprint density at radius 2 is 2.38 bits per heavy atom. The number of hydrogen-bond donors (Lipinski definition) is 1. The van der Waals surface area contributed by atoms with Gasteiger partial charge < -0.3 is 4.74 Å². The molecule has 3 heteroatoms. The first-order chi connectivity index (χ1) is 3.85. The lowest BCUT2D eigenvalue weighted by Gasteiger charge is -2.11. The number of nitrogens with one attached hydrogen (secondary N) is 2. The molecule has 2 N–H and O–H groups in total. The van der Waals surface area contributed by atoms with Crippen molar-refractivity contribution < 1.29 is 4.74 Å². The smallest absolute Gasteiger partial charge is 0.121 e. The van der Waals surface area contributed by atoms with Crippen molar-refractivity contribution in [2.24, 2.45) is 0 Å². The molecule has 8 heavy (non-hydrogen) atoms. The van der Waals surface area contributed by atoms with E-state index in [1.54, 1.807) is 7.05 Å². The molecular weight excluding hydrogens is 104 g/mol. The summed E-state index contributed by atoms with van der Waals surface area (Å²) in [5, 5.41) is 2.84. The highest BCUT2D eigenvalue weighted by Crippen LogP contribution is 1.80. The third-order valence-corrected chi connectivity index (χ3v) is 0.875. The zero-order chi connectivity index (χ0) is 6.41. The van der Waals surface area contributed by atoms with Crippen LogP contribution in [0, 0.1) is 0 Å². The third-order valence-electron chi connectivity index (χ3n) is 0.875. The highest BCUT2D eigenvalue weighted by atomic mass is 16.5. The van der Waals surface area contributed by atoms with Gasteiger partial charge in [-0.15, -0.1) is 0 Å². The van der Waals surface area contributed by atoms with Gasteiger partial charge in [0.25, 0.3) is 0 Å². The summed E-state index contributed by atoms with van der Waals surface area (Å²) in [5.74, 6) is 0. The lowest BCUT2D eigenvalue weighted by atomic mass is 10.6. The molecule has 3 nitrogen and oxygen atoms in total. The van der Waals surface area contributed by atoms with Gasteiger partial charge in [0.05, 0.1) is 0 Å². The van der Waals surface area contributed by atoms with E-state index in [9.17, 15) is 0 Å². The molecule has 1 unspecified atom stereocenters. The summed E-state index contributed by atoms with van der Waals surface area (Å²) in [5.41, 5.74) is 6.88. The molecule has 0 aromatic heterocycles. The van der Waals surface area contributed by atoms with Gasteiger partial charge in [0.1, 0.15) is 6.23 Å². The lowest BCUT2D eigenvalue weighted by Crippen LogP contribution is -2.32. The van der Waals surface area contributed by atoms with Crippen LogP contribution in [0.4, 0.5) is 0 Å². The predicted molar refractivity (Wildman–Crippen MR) is 32.4 cm³/mol. The number of likely N-dealkylation sites (N-methyl/N-ethyl adjacent to an activating group) is 1. The second-order valence-corrected chi connectivity index (χ2v) is 1.44. The molecule has 0 amide bonds. The van der Waals surface area contributed by atoms with E-state index < -0.39 is 0 Å². The minimum atomic E-state index is -0.0833. The van der Waals surface area contributed by atoms with Crippen molar-refractivity contribution in [2.45, 2.75) is 13.2 Å². The number of hydrogen-bond acceptors (Lipinski definition) is 2. The molecule has 0 aliphatic heterocycles. The maximum Gasteiger partial charge on any atom is 0.121 e. The minimum Gasteiger partial charge on any atom is -0.362 e. The van der Waals surface area contributed by atoms with E-state index in [4.69, 9.17) is 10.5 Å². The van der Waals surface area contributed by atoms with Crippen LogP contribution in [0.2, 0.25) is 0 Å². The predicted octanol–water partition coefficient (Wildman–Crippen LogP) is -0.149. The van der Waals surface area contributed by atoms with E-state index in [0.717, 1.165) is 0 Å². The third kappa shape index (κ3) is 2.96. The van der Waals surface area contributed by atoms with E-state index in [1.165, 1.54) is 0 Å². The Kier molecular flexibility index (Phi) is 4.95. The Bertz CT molecular complexity index is 45.7. The van der Waals surface area contributed by atoms with E-state index in [0.29, 0.717) is 6.61 Å². The second kappa shape index (κ2) is 5.03. The highest BCUT2D eigenvalue weighted by molar-refractivity contribution is 4.48. The zero-order valence-corrected chi connectivity index (χ0v) is 5.40. The molecule has 0 rings (SSSR count). The topological polar surface area (TPSA) is 45.1 Å². The van der Waals surface area contributed by atoms with Crippen LogP contribution in [0.25, 0.3) is 0 Å². The Balaban J connectivity index is 3.07. The average molecular weight is 117 g/mol. The molecule has 0 aliphatic carbocycles. The number of ether oxygens (including phenoxy) is 1. The van der Waals surface area contributed by atoms with Crippen molar-refractivity contribution in [3.8, 4) is 0 Å². The highest BCUT2D eigenvalue weighted by Gasteiger charge is 1.98. The Morgan fingerprint density at radius 1 is 1.75 bits per heavy atom. The first-order valence-corrected chi connectivity index (χ1v) is 2.78. The van der Waals surface area contributed by atoms with E-state index in [1.807, 2.05) is 6.92 Å². The minimum absolute atomic E-state index is 0.0833. The van der Waals surface area contributed by atoms with Gasteiger partial charge in [0, 0.05) is 13.2 Å². The SMILES string of the molecule is CCOC(C[NH])NC. The summed E-state index contributed by atoms with van der Waals surface area (Å²) in [6.07, 6.45) is -0.0833. The van der Waals surface area contributed by atoms with E-state index >= 15 is 0 Å². The molecule has 0 aromatic carbocycles. The van der Waals surface area contributed by atoms with Crippen molar-refractivity contribution >= 4 is 0 Å². The summed E-state index contributed by atoms with van der Waals surface area (Å²) in [7, 11) is 1.79. The molecule has 0 bridgehead atoms. The molecule has 0 heterocycles. The van der Waals surface area contributed by atoms with Crippen LogP contribution < -0.4 is 11.1 Å². The standard InChI is InChI=1S/C5H13N2O/c1-3-8-5(4-6)7-2/h5-7H,3-4H2,1-2H3. The molecule has 1 atom stereocenters. The normalized spacial score (nSPS) is 13.9. The van der Waals surface area contributed by atoms with Crippen LogP contribution in [0.15, 0.2) is 0 Å². The van der Waals surface area contributed by atoms with Crippen molar-refractivity contribution in [2.75, 3.05) is 20.2 Å². The molecule has 0 saturated carbocycles. The molecule has 0 saturated heterocycles. The fraction of sp³-hybridized carbons (Fsp3) is 1.00. The van der Waals surface area contributed by atoms with Crippen LogP contribution in [0.5, 0.6) is 0 Å². The molecular formula is C5H13N2O. The Labute approximate surface area is 50.2 Å². The summed E-state index contributed by atoms with van der Waals surface area (Å²) in [6, 6.07) is 0. The van der Waals surface area contributed by atoms with Gasteiger partial charge in [0.15, 0.2) is 0 Å². The molecule has 49 valence electrons. The van der Waals surface area contributed by atoms with E-state index in [2.05, 4.69) is 5.32 Å². The summed E-state index contributed by atoms with van der Waals surface area (Å²) < 4.78 is 5.04. The summed E-state index contributed by atoms with van der Waals surface area (Å²) >= 11 is 0. The fourth-order valence-electron chi connectivity index (χ4n) is 0.446. The van der Waals surface area contributed by atoms with Crippen molar-refractivity contribution in [1.82, 2.24) is 11.1 Å². The summed E-state index contributed by atoms with van der Waals surface area (Å²) in [4.78, 5) is 0. The maximum atomic E-state index is 6.88. The molecule has 0 fully saturated rings. The second-order valence-electron chi connectivity index (χ2n) is 1.44. The fourth-order valence-corrected chi connectivity index (χ4v) is 0.446. The first-order valence-electron chi connectivity index (χ1n) is 2.78. The molecule has 1 radical (unpaired) electrons. The lowest BCUT2D eigenvalue weighted by molar-refractivity contribution is 0.0493. The largest absolute Gasteiger partial charge is 0.362 e. The Hall–Kier alpha value is -0.120. The molecule has 0 aromatic rings. The summed E-state index contributed by atoms with van der Waals surface area (Å²) in [6.45, 7) is 2.87. The van der Waals surface area contributed by atoms with Gasteiger partial charge in [-0.3, -0.25) is 11.1 Å². The Morgan fingerprint density at radius 3 is 2.50 bits per heavy atom. The van der Waals surface area contributed by atoms with Gasteiger partial charge >= 0.3 is 0 Å². The van der Waals surface area contributed by atoms with Gasteiger partial charge in [-0.1, -0.05) is 0 Å². The van der Waals surface area contributed by atoms with Crippen LogP contribution in [-0.2, 0) is 4.74 Å². The van der Waals surface area contributed by atoms with Gasteiger partial charge in [-0.2, -0.15) is 0 Å². The van der Waals surface area contributed by atoms with Gasteiger partial charge in [-0.25, -0.2) is 0 Å². The van der Waals surface area contributed by atoms with Crippen molar-refractivity contribution in [3.63, 3.8) is 0 Å². The van der Waals surface area contributed by atoms with Crippen LogP contribution >= 0.6 is 0 Å². The number of rotatable bonds is 4. The first kappa shape index (κ1) is 7.88. The maximum absolute atomic E-state index is 6.88. The van der Waals surface area contributed by atoms with Crippen molar-refractivity contribution in [3.05, 3.63) is 0 Å². The van der Waals surface area contributed by atoms with Crippen molar-refractivity contribution in [1.29, 1.82) is 0 Å². The van der Waals surface area contributed by atoms with Gasteiger partial charge in [-0.05, 0) is 14.0 Å². The average Bonchev–Trinajstić information content (AvgIpc) is 1.83. The van der Waals surface area contributed by atoms with Gasteiger partial charge in [0.2, 0.25) is 0 Å². The quantitative estimate of drug-likeness (QED) is 0.520. The van der Waals surface area contributed by atoms with Crippen LogP contribution in [-0.4, -0.2) is 26.4 Å².